The molecule has 1 aromatic carbocycles. The molecule has 0 bridgehead atoms. The Labute approximate surface area is 89.6 Å². The molecular formula is C9H8N2O5. The molecule has 1 fully saturated rings. The molecule has 1 aliphatic rings. The first-order chi connectivity index (χ1) is 7.50. The normalized spacial score (nSPS) is 14.8. The second-order valence-corrected chi connectivity index (χ2v) is 3.70. The number of phenols is 1. The van der Waals surface area contributed by atoms with Crippen LogP contribution in [0.4, 0.5) is 11.4 Å². The van der Waals surface area contributed by atoms with E-state index < -0.39 is 27.0 Å². The fraction of sp³-hybridized carbons (Fsp3) is 0.333. The van der Waals surface area contributed by atoms with Crippen LogP contribution in [0.2, 0.25) is 0 Å². The van der Waals surface area contributed by atoms with Crippen LogP contribution in [0.3, 0.4) is 0 Å². The van der Waals surface area contributed by atoms with Gasteiger partial charge in [0.2, 0.25) is 0 Å². The average molecular weight is 224 g/mol. The van der Waals surface area contributed by atoms with E-state index in [4.69, 9.17) is 0 Å². The number of aromatic hydroxyl groups is 1. The SMILES string of the molecule is O=[N+]([O-])c1cc(C2CC2)cc([N+](=O)[O-])c1O. The second kappa shape index (κ2) is 3.44. The molecule has 0 aromatic heterocycles. The van der Waals surface area contributed by atoms with Crippen LogP contribution in [-0.2, 0) is 0 Å². The zero-order valence-electron chi connectivity index (χ0n) is 8.12. The lowest BCUT2D eigenvalue weighted by Gasteiger charge is -2.01. The lowest BCUT2D eigenvalue weighted by atomic mass is 10.1. The zero-order chi connectivity index (χ0) is 11.9. The average Bonchev–Trinajstić information content (AvgIpc) is 3.00. The Morgan fingerprint density at radius 1 is 1.12 bits per heavy atom. The van der Waals surface area contributed by atoms with E-state index in [0.29, 0.717) is 5.56 Å². The lowest BCUT2D eigenvalue weighted by molar-refractivity contribution is -0.396. The summed E-state index contributed by atoms with van der Waals surface area (Å²) in [6.45, 7) is 0. The van der Waals surface area contributed by atoms with Gasteiger partial charge in [0.25, 0.3) is 5.75 Å². The number of rotatable bonds is 3. The van der Waals surface area contributed by atoms with Crippen LogP contribution in [0.25, 0.3) is 0 Å². The first kappa shape index (κ1) is 10.3. The van der Waals surface area contributed by atoms with Crippen LogP contribution in [-0.4, -0.2) is 15.0 Å². The molecule has 84 valence electrons. The summed E-state index contributed by atoms with van der Waals surface area (Å²) in [5, 5.41) is 30.6. The van der Waals surface area contributed by atoms with Crippen LogP contribution in [0.15, 0.2) is 12.1 Å². The molecular weight excluding hydrogens is 216 g/mol. The summed E-state index contributed by atoms with van der Waals surface area (Å²) in [7, 11) is 0. The molecule has 7 nitrogen and oxygen atoms in total. The summed E-state index contributed by atoms with van der Waals surface area (Å²) in [5.74, 6) is -0.725. The summed E-state index contributed by atoms with van der Waals surface area (Å²) in [4.78, 5) is 19.6. The van der Waals surface area contributed by atoms with E-state index in [1.807, 2.05) is 0 Å². The molecule has 16 heavy (non-hydrogen) atoms. The Kier molecular flexibility index (Phi) is 2.22. The van der Waals surface area contributed by atoms with Crippen molar-refractivity contribution in [3.05, 3.63) is 37.9 Å². The van der Waals surface area contributed by atoms with Crippen LogP contribution in [0.5, 0.6) is 5.75 Å². The van der Waals surface area contributed by atoms with Crippen molar-refractivity contribution in [2.45, 2.75) is 18.8 Å². The van der Waals surface area contributed by atoms with Crippen molar-refractivity contribution >= 4 is 11.4 Å². The summed E-state index contributed by atoms with van der Waals surface area (Å²) < 4.78 is 0. The van der Waals surface area contributed by atoms with Crippen molar-refractivity contribution in [3.63, 3.8) is 0 Å². The van der Waals surface area contributed by atoms with Gasteiger partial charge in [-0.05, 0) is 24.3 Å². The smallest absolute Gasteiger partial charge is 0.318 e. The third-order valence-corrected chi connectivity index (χ3v) is 2.53. The summed E-state index contributed by atoms with van der Waals surface area (Å²) in [6.07, 6.45) is 1.75. The number of hydrogen-bond acceptors (Lipinski definition) is 5. The number of nitrogens with zero attached hydrogens (tertiary/aromatic N) is 2. The largest absolute Gasteiger partial charge is 0.497 e. The lowest BCUT2D eigenvalue weighted by Crippen LogP contribution is -1.96. The number of hydrogen-bond donors (Lipinski definition) is 1. The maximum absolute atomic E-state index is 10.6. The first-order valence-corrected chi connectivity index (χ1v) is 4.66. The predicted molar refractivity (Wildman–Crippen MR) is 53.4 cm³/mol. The Bertz CT molecular complexity index is 446. The predicted octanol–water partition coefficient (Wildman–Crippen LogP) is 2.09. The zero-order valence-corrected chi connectivity index (χ0v) is 8.12. The van der Waals surface area contributed by atoms with E-state index in [0.717, 1.165) is 12.8 Å². The van der Waals surface area contributed by atoms with Crippen molar-refractivity contribution in [2.75, 3.05) is 0 Å². The maximum Gasteiger partial charge on any atom is 0.318 e. The molecule has 1 aliphatic carbocycles. The van der Waals surface area contributed by atoms with Crippen molar-refractivity contribution < 1.29 is 15.0 Å². The molecule has 0 spiro atoms. The van der Waals surface area contributed by atoms with Crippen molar-refractivity contribution in [2.24, 2.45) is 0 Å². The number of phenolic OH excluding ortho intramolecular Hbond substituents is 1. The van der Waals surface area contributed by atoms with Gasteiger partial charge in [-0.2, -0.15) is 0 Å². The van der Waals surface area contributed by atoms with E-state index in [9.17, 15) is 25.3 Å². The fourth-order valence-corrected chi connectivity index (χ4v) is 1.56. The van der Waals surface area contributed by atoms with E-state index in [1.54, 1.807) is 0 Å². The highest BCUT2D eigenvalue weighted by atomic mass is 16.6. The van der Waals surface area contributed by atoms with Crippen LogP contribution >= 0.6 is 0 Å². The number of nitro benzene ring substituents is 2. The third kappa shape index (κ3) is 1.67. The van der Waals surface area contributed by atoms with Gasteiger partial charge in [-0.3, -0.25) is 20.2 Å². The molecule has 1 saturated carbocycles. The van der Waals surface area contributed by atoms with E-state index in [-0.39, 0.29) is 5.92 Å². The fourth-order valence-electron chi connectivity index (χ4n) is 1.56. The number of nitro groups is 2. The molecule has 0 radical (unpaired) electrons. The van der Waals surface area contributed by atoms with E-state index in [1.165, 1.54) is 12.1 Å². The minimum atomic E-state index is -0.876. The van der Waals surface area contributed by atoms with Gasteiger partial charge in [-0.1, -0.05) is 0 Å². The Morgan fingerprint density at radius 3 is 1.88 bits per heavy atom. The first-order valence-electron chi connectivity index (χ1n) is 4.66. The van der Waals surface area contributed by atoms with Crippen molar-refractivity contribution in [1.29, 1.82) is 0 Å². The van der Waals surface area contributed by atoms with Crippen molar-refractivity contribution in [3.8, 4) is 5.75 Å². The van der Waals surface area contributed by atoms with Gasteiger partial charge < -0.3 is 5.11 Å². The Hall–Kier alpha value is -2.18. The molecule has 0 heterocycles. The molecule has 7 heteroatoms. The summed E-state index contributed by atoms with van der Waals surface area (Å²) in [6, 6.07) is 2.42. The molecule has 2 rings (SSSR count). The van der Waals surface area contributed by atoms with Gasteiger partial charge in [0.1, 0.15) is 0 Å². The van der Waals surface area contributed by atoms with Crippen LogP contribution in [0.1, 0.15) is 24.3 Å². The molecule has 0 unspecified atom stereocenters. The standard InChI is InChI=1S/C9H8N2O5/c12-9-7(10(13)14)3-6(5-1-2-5)4-8(9)11(15)16/h3-5,12H,1-2H2. The quantitative estimate of drug-likeness (QED) is 0.624. The van der Waals surface area contributed by atoms with Crippen LogP contribution in [0, 0.1) is 20.2 Å². The van der Waals surface area contributed by atoms with Gasteiger partial charge in [-0.25, -0.2) is 0 Å². The Morgan fingerprint density at radius 2 is 1.56 bits per heavy atom. The minimum absolute atomic E-state index is 0.151. The highest BCUT2D eigenvalue weighted by Crippen LogP contribution is 2.46. The molecule has 0 atom stereocenters. The molecule has 1 aromatic rings. The molecule has 0 amide bonds. The third-order valence-electron chi connectivity index (χ3n) is 2.53. The molecule has 0 aliphatic heterocycles. The van der Waals surface area contributed by atoms with Gasteiger partial charge in [0, 0.05) is 12.1 Å². The van der Waals surface area contributed by atoms with Gasteiger partial charge in [-0.15, -0.1) is 0 Å². The topological polar surface area (TPSA) is 107 Å². The highest BCUT2D eigenvalue weighted by molar-refractivity contribution is 5.61. The van der Waals surface area contributed by atoms with Gasteiger partial charge in [0.05, 0.1) is 9.85 Å². The van der Waals surface area contributed by atoms with Crippen molar-refractivity contribution in [1.82, 2.24) is 0 Å². The molecule has 1 N–H and O–H groups in total. The second-order valence-electron chi connectivity index (χ2n) is 3.70. The van der Waals surface area contributed by atoms with E-state index in [2.05, 4.69) is 0 Å². The highest BCUT2D eigenvalue weighted by Gasteiger charge is 2.32. The Balaban J connectivity index is 2.59. The van der Waals surface area contributed by atoms with Crippen LogP contribution < -0.4 is 0 Å². The monoisotopic (exact) mass is 224 g/mol. The minimum Gasteiger partial charge on any atom is -0.497 e. The summed E-state index contributed by atoms with van der Waals surface area (Å²) in [5.41, 5.74) is -0.650. The van der Waals surface area contributed by atoms with E-state index >= 15 is 0 Å². The van der Waals surface area contributed by atoms with Gasteiger partial charge in [0.15, 0.2) is 0 Å². The maximum atomic E-state index is 10.6. The van der Waals surface area contributed by atoms with Gasteiger partial charge >= 0.3 is 11.4 Å². The summed E-state index contributed by atoms with van der Waals surface area (Å²) >= 11 is 0. The number of benzene rings is 1. The molecule has 0 saturated heterocycles.